The van der Waals surface area contributed by atoms with Crippen molar-refractivity contribution in [2.75, 3.05) is 24.6 Å². The highest BCUT2D eigenvalue weighted by atomic mass is 16.1. The number of aromatic nitrogens is 3. The number of nitrogens with zero attached hydrogens (tertiary/aromatic N) is 2. The summed E-state index contributed by atoms with van der Waals surface area (Å²) in [6.07, 6.45) is 3.16. The molecule has 1 amide bonds. The summed E-state index contributed by atoms with van der Waals surface area (Å²) < 4.78 is 0. The number of nitrogen functional groups attached to an aromatic ring is 1. The lowest BCUT2D eigenvalue weighted by molar-refractivity contribution is 0.0964. The van der Waals surface area contributed by atoms with E-state index in [0.717, 1.165) is 24.4 Å². The van der Waals surface area contributed by atoms with Crippen LogP contribution in [0.15, 0.2) is 24.5 Å². The van der Waals surface area contributed by atoms with Crippen LogP contribution in [0.5, 0.6) is 0 Å². The molecule has 2 rings (SSSR count). The molecule has 0 saturated carbocycles. The first-order valence-electron chi connectivity index (χ1n) is 6.40. The molecule has 1 heterocycles. The average Bonchev–Trinajstić information content (AvgIpc) is 2.96. The van der Waals surface area contributed by atoms with Gasteiger partial charge in [0, 0.05) is 31.4 Å². The number of aryl methyl sites for hydroxylation is 1. The fourth-order valence-corrected chi connectivity index (χ4v) is 1.87. The van der Waals surface area contributed by atoms with Crippen LogP contribution < -0.4 is 16.4 Å². The van der Waals surface area contributed by atoms with Crippen molar-refractivity contribution >= 4 is 17.3 Å². The average molecular weight is 274 g/mol. The number of rotatable bonds is 6. The molecule has 0 aliphatic carbocycles. The van der Waals surface area contributed by atoms with Crippen LogP contribution >= 0.6 is 0 Å². The second-order valence-corrected chi connectivity index (χ2v) is 4.35. The molecule has 7 nitrogen and oxygen atoms in total. The molecule has 0 spiro atoms. The smallest absolute Gasteiger partial charge is 0.253 e. The highest BCUT2D eigenvalue weighted by Crippen LogP contribution is 2.19. The largest absolute Gasteiger partial charge is 0.399 e. The quantitative estimate of drug-likeness (QED) is 0.460. The molecule has 0 aliphatic heterocycles. The molecular formula is C13H18N6O. The third-order valence-corrected chi connectivity index (χ3v) is 2.89. The minimum absolute atomic E-state index is 0.136. The van der Waals surface area contributed by atoms with Gasteiger partial charge in [-0.25, -0.2) is 4.98 Å². The van der Waals surface area contributed by atoms with E-state index in [1.807, 2.05) is 0 Å². The van der Waals surface area contributed by atoms with Gasteiger partial charge in [0.2, 0.25) is 0 Å². The highest BCUT2D eigenvalue weighted by molar-refractivity contribution is 6.00. The number of carbonyl (C=O) groups excluding carboxylic acids is 1. The van der Waals surface area contributed by atoms with Crippen LogP contribution in [0.2, 0.25) is 0 Å². The Morgan fingerprint density at radius 3 is 3.00 bits per heavy atom. The first-order valence-corrected chi connectivity index (χ1v) is 6.40. The fourth-order valence-electron chi connectivity index (χ4n) is 1.87. The second-order valence-electron chi connectivity index (χ2n) is 4.35. The number of amides is 1. The molecule has 7 heteroatoms. The standard InChI is InChI=1S/C13H18N6O/c1-15-13(20)10-5-4-9(14)7-11(10)16-6-2-3-12-17-8-18-19-12/h4-5,7-8,16H,2-3,6,14H2,1H3,(H,15,20)(H,17,18,19). The van der Waals surface area contributed by atoms with Crippen molar-refractivity contribution in [3.63, 3.8) is 0 Å². The minimum atomic E-state index is -0.136. The molecular weight excluding hydrogens is 256 g/mol. The number of hydrogen-bond donors (Lipinski definition) is 4. The molecule has 0 fully saturated rings. The Bertz CT molecular complexity index is 566. The van der Waals surface area contributed by atoms with Crippen LogP contribution in [0.1, 0.15) is 22.6 Å². The van der Waals surface area contributed by atoms with Crippen molar-refractivity contribution in [1.82, 2.24) is 20.5 Å². The van der Waals surface area contributed by atoms with E-state index in [2.05, 4.69) is 25.8 Å². The van der Waals surface area contributed by atoms with Gasteiger partial charge in [-0.2, -0.15) is 5.10 Å². The third-order valence-electron chi connectivity index (χ3n) is 2.89. The Morgan fingerprint density at radius 1 is 1.45 bits per heavy atom. The lowest BCUT2D eigenvalue weighted by Crippen LogP contribution is -2.20. The zero-order valence-electron chi connectivity index (χ0n) is 11.3. The maximum Gasteiger partial charge on any atom is 0.253 e. The van der Waals surface area contributed by atoms with Crippen molar-refractivity contribution in [2.45, 2.75) is 12.8 Å². The zero-order valence-corrected chi connectivity index (χ0v) is 11.3. The molecule has 2 aromatic rings. The Hall–Kier alpha value is -2.57. The maximum atomic E-state index is 11.7. The van der Waals surface area contributed by atoms with Crippen molar-refractivity contribution in [3.05, 3.63) is 35.9 Å². The van der Waals surface area contributed by atoms with Gasteiger partial charge in [0.25, 0.3) is 5.91 Å². The van der Waals surface area contributed by atoms with Gasteiger partial charge in [0.15, 0.2) is 0 Å². The molecule has 0 radical (unpaired) electrons. The van der Waals surface area contributed by atoms with Crippen molar-refractivity contribution in [2.24, 2.45) is 0 Å². The van der Waals surface area contributed by atoms with Crippen molar-refractivity contribution in [1.29, 1.82) is 0 Å². The Balaban J connectivity index is 1.94. The van der Waals surface area contributed by atoms with Gasteiger partial charge in [0.1, 0.15) is 12.2 Å². The lowest BCUT2D eigenvalue weighted by atomic mass is 10.1. The van der Waals surface area contributed by atoms with Gasteiger partial charge >= 0.3 is 0 Å². The Labute approximate surface area is 117 Å². The summed E-state index contributed by atoms with van der Waals surface area (Å²) in [5.74, 6) is 0.716. The van der Waals surface area contributed by atoms with Crippen LogP contribution in [0.4, 0.5) is 11.4 Å². The first kappa shape index (κ1) is 13.9. The Morgan fingerprint density at radius 2 is 2.30 bits per heavy atom. The van der Waals surface area contributed by atoms with Crippen LogP contribution in [-0.4, -0.2) is 34.7 Å². The van der Waals surface area contributed by atoms with E-state index in [9.17, 15) is 4.79 Å². The fraction of sp³-hybridized carbons (Fsp3) is 0.308. The number of aromatic amines is 1. The van der Waals surface area contributed by atoms with Crippen molar-refractivity contribution < 1.29 is 4.79 Å². The van der Waals surface area contributed by atoms with Crippen molar-refractivity contribution in [3.8, 4) is 0 Å². The SMILES string of the molecule is CNC(=O)c1ccc(N)cc1NCCCc1ncn[nH]1. The van der Waals surface area contributed by atoms with Gasteiger partial charge in [-0.15, -0.1) is 0 Å². The number of anilines is 2. The molecule has 0 atom stereocenters. The van der Waals surface area contributed by atoms with E-state index in [0.29, 0.717) is 17.8 Å². The summed E-state index contributed by atoms with van der Waals surface area (Å²) in [6, 6.07) is 5.19. The summed E-state index contributed by atoms with van der Waals surface area (Å²) >= 11 is 0. The van der Waals surface area contributed by atoms with E-state index in [1.165, 1.54) is 6.33 Å². The van der Waals surface area contributed by atoms with Crippen LogP contribution in [0.25, 0.3) is 0 Å². The third kappa shape index (κ3) is 3.47. The van der Waals surface area contributed by atoms with E-state index < -0.39 is 0 Å². The summed E-state index contributed by atoms with van der Waals surface area (Å²) in [7, 11) is 1.60. The lowest BCUT2D eigenvalue weighted by Gasteiger charge is -2.11. The minimum Gasteiger partial charge on any atom is -0.399 e. The van der Waals surface area contributed by atoms with Crippen LogP contribution in [0, 0.1) is 0 Å². The number of H-pyrrole nitrogens is 1. The topological polar surface area (TPSA) is 109 Å². The molecule has 0 saturated heterocycles. The van der Waals surface area contributed by atoms with E-state index in [4.69, 9.17) is 5.73 Å². The van der Waals surface area contributed by atoms with Crippen LogP contribution in [0.3, 0.4) is 0 Å². The number of nitrogens with one attached hydrogen (secondary N) is 3. The number of hydrogen-bond acceptors (Lipinski definition) is 5. The zero-order chi connectivity index (χ0) is 14.4. The maximum absolute atomic E-state index is 11.7. The molecule has 1 aromatic carbocycles. The normalized spacial score (nSPS) is 10.2. The van der Waals surface area contributed by atoms with E-state index in [-0.39, 0.29) is 5.91 Å². The molecule has 106 valence electrons. The van der Waals surface area contributed by atoms with Gasteiger partial charge in [-0.3, -0.25) is 9.89 Å². The predicted molar refractivity (Wildman–Crippen MR) is 77.4 cm³/mol. The Kier molecular flexibility index (Phi) is 4.54. The predicted octanol–water partition coefficient (Wildman–Crippen LogP) is 0.791. The summed E-state index contributed by atoms with van der Waals surface area (Å²) in [6.45, 7) is 0.716. The molecule has 0 unspecified atom stereocenters. The van der Waals surface area contributed by atoms with E-state index in [1.54, 1.807) is 25.2 Å². The highest BCUT2D eigenvalue weighted by Gasteiger charge is 2.09. The van der Waals surface area contributed by atoms with Crippen LogP contribution in [-0.2, 0) is 6.42 Å². The second kappa shape index (κ2) is 6.55. The molecule has 1 aromatic heterocycles. The molecule has 0 bridgehead atoms. The number of carbonyl (C=O) groups is 1. The summed E-state index contributed by atoms with van der Waals surface area (Å²) in [5.41, 5.74) is 7.70. The first-order chi connectivity index (χ1) is 9.70. The van der Waals surface area contributed by atoms with E-state index >= 15 is 0 Å². The van der Waals surface area contributed by atoms with Gasteiger partial charge in [0.05, 0.1) is 5.56 Å². The molecule has 20 heavy (non-hydrogen) atoms. The number of benzene rings is 1. The van der Waals surface area contributed by atoms with Gasteiger partial charge in [-0.1, -0.05) is 0 Å². The summed E-state index contributed by atoms with van der Waals surface area (Å²) in [4.78, 5) is 15.8. The number of nitrogens with two attached hydrogens (primary N) is 1. The molecule has 0 aliphatic rings. The monoisotopic (exact) mass is 274 g/mol. The van der Waals surface area contributed by atoms with Gasteiger partial charge in [-0.05, 0) is 24.6 Å². The molecule has 5 N–H and O–H groups in total. The summed E-state index contributed by atoms with van der Waals surface area (Å²) in [5, 5.41) is 12.4. The van der Waals surface area contributed by atoms with Gasteiger partial charge < -0.3 is 16.4 Å².